The Balaban J connectivity index is 1.53. The summed E-state index contributed by atoms with van der Waals surface area (Å²) >= 11 is 0. The number of aliphatic hydroxyl groups excluding tert-OH is 1. The van der Waals surface area contributed by atoms with Gasteiger partial charge in [0.05, 0.1) is 24.5 Å². The van der Waals surface area contributed by atoms with Gasteiger partial charge in [0.25, 0.3) is 17.6 Å². The van der Waals surface area contributed by atoms with Gasteiger partial charge in [0, 0.05) is 43.9 Å². The van der Waals surface area contributed by atoms with Crippen molar-refractivity contribution in [3.8, 4) is 11.5 Å². The molecule has 4 heterocycles. The van der Waals surface area contributed by atoms with Gasteiger partial charge >= 0.3 is 0 Å². The van der Waals surface area contributed by atoms with Crippen LogP contribution in [0.4, 0.5) is 5.69 Å². The number of hydrogen-bond acceptors (Lipinski definition) is 8. The van der Waals surface area contributed by atoms with Crippen LogP contribution in [-0.2, 0) is 24.7 Å². The van der Waals surface area contributed by atoms with E-state index in [9.17, 15) is 19.5 Å². The average molecular weight is 534 g/mol. The zero-order valence-corrected chi connectivity index (χ0v) is 21.9. The Morgan fingerprint density at radius 1 is 0.923 bits per heavy atom. The number of nitrogens with zero attached hydrogens (tertiary/aromatic N) is 3. The number of fused-ring (bicyclic) bond motifs is 3. The quantitative estimate of drug-likeness (QED) is 0.342. The summed E-state index contributed by atoms with van der Waals surface area (Å²) in [4.78, 5) is 47.1. The molecule has 10 nitrogen and oxygen atoms in total. The summed E-state index contributed by atoms with van der Waals surface area (Å²) in [6.45, 7) is 6.30. The fraction of sp³-hybridized carbons (Fsp3) is 0.414. The predicted octanol–water partition coefficient (Wildman–Crippen LogP) is 2.12. The number of ether oxygens (including phenoxy) is 3. The molecule has 0 radical (unpaired) electrons. The van der Waals surface area contributed by atoms with Gasteiger partial charge in [0.15, 0.2) is 17.0 Å². The van der Waals surface area contributed by atoms with E-state index in [2.05, 4.69) is 4.90 Å². The van der Waals surface area contributed by atoms with Gasteiger partial charge < -0.3 is 29.1 Å². The first kappa shape index (κ1) is 25.4. The van der Waals surface area contributed by atoms with E-state index in [0.29, 0.717) is 81.8 Å². The summed E-state index contributed by atoms with van der Waals surface area (Å²) in [7, 11) is 0. The number of rotatable bonds is 6. The van der Waals surface area contributed by atoms with Crippen LogP contribution in [-0.4, -0.2) is 91.7 Å². The largest absolute Gasteiger partial charge is 0.507 e. The van der Waals surface area contributed by atoms with Crippen molar-refractivity contribution in [2.75, 3.05) is 64.1 Å². The number of benzene rings is 2. The standard InChI is InChI=1S/C29H31N3O7/c1-2-9-31-21-6-4-3-5-20(21)29(28(31)36)24(25(33)19-7-8-22-23(18-19)39-17-16-38-22)26(34)27(35)32(29)11-10-30-12-14-37-15-13-30/h3-8,18,33H,2,9-17H2,1H3/t29-/m1/s1. The first-order valence-electron chi connectivity index (χ1n) is 13.4. The number of carbonyl (C=O) groups excluding carboxylic acids is 3. The molecule has 2 aromatic rings. The lowest BCUT2D eigenvalue weighted by Crippen LogP contribution is -2.54. The minimum atomic E-state index is -1.77. The van der Waals surface area contributed by atoms with Gasteiger partial charge in [0.1, 0.15) is 19.0 Å². The lowest BCUT2D eigenvalue weighted by atomic mass is 9.82. The van der Waals surface area contributed by atoms with E-state index in [1.54, 1.807) is 35.2 Å². The highest BCUT2D eigenvalue weighted by Crippen LogP contribution is 2.53. The number of likely N-dealkylation sites (tertiary alicyclic amines) is 1. The molecule has 204 valence electrons. The monoisotopic (exact) mass is 533 g/mol. The number of carbonyl (C=O) groups is 3. The van der Waals surface area contributed by atoms with Crippen LogP contribution < -0.4 is 14.4 Å². The van der Waals surface area contributed by atoms with Crippen molar-refractivity contribution in [1.82, 2.24) is 9.80 Å². The second-order valence-corrected chi connectivity index (χ2v) is 10.0. The maximum Gasteiger partial charge on any atom is 0.296 e. The number of anilines is 1. The van der Waals surface area contributed by atoms with E-state index >= 15 is 0 Å². The second-order valence-electron chi connectivity index (χ2n) is 10.0. The van der Waals surface area contributed by atoms with Crippen molar-refractivity contribution in [3.63, 3.8) is 0 Å². The molecule has 0 saturated carbocycles. The first-order valence-corrected chi connectivity index (χ1v) is 13.4. The third-order valence-electron chi connectivity index (χ3n) is 7.82. The molecule has 2 saturated heterocycles. The molecule has 1 N–H and O–H groups in total. The van der Waals surface area contributed by atoms with E-state index in [1.807, 2.05) is 19.1 Å². The highest BCUT2D eigenvalue weighted by atomic mass is 16.6. The number of hydrogen-bond donors (Lipinski definition) is 1. The molecule has 1 spiro atoms. The fourth-order valence-electron chi connectivity index (χ4n) is 6.01. The zero-order valence-electron chi connectivity index (χ0n) is 21.9. The van der Waals surface area contributed by atoms with Gasteiger partial charge in [-0.25, -0.2) is 0 Å². The normalized spacial score (nSPS) is 24.1. The molecule has 10 heteroatoms. The van der Waals surface area contributed by atoms with E-state index < -0.39 is 28.9 Å². The van der Waals surface area contributed by atoms with Crippen molar-refractivity contribution >= 4 is 29.0 Å². The molecule has 39 heavy (non-hydrogen) atoms. The number of ketones is 1. The van der Waals surface area contributed by atoms with Crippen molar-refractivity contribution in [1.29, 1.82) is 0 Å². The zero-order chi connectivity index (χ0) is 27.1. The van der Waals surface area contributed by atoms with Crippen molar-refractivity contribution in [2.45, 2.75) is 18.9 Å². The van der Waals surface area contributed by atoms with Crippen molar-refractivity contribution in [3.05, 3.63) is 59.2 Å². The molecule has 0 aromatic heterocycles. The number of amides is 2. The van der Waals surface area contributed by atoms with Gasteiger partial charge in [-0.3, -0.25) is 19.3 Å². The molecule has 2 aromatic carbocycles. The summed E-state index contributed by atoms with van der Waals surface area (Å²) in [5.41, 5.74) is -0.575. The van der Waals surface area contributed by atoms with E-state index in [0.717, 1.165) is 0 Å². The van der Waals surface area contributed by atoms with Gasteiger partial charge in [-0.15, -0.1) is 0 Å². The number of morpholine rings is 1. The van der Waals surface area contributed by atoms with Crippen LogP contribution in [0, 0.1) is 0 Å². The molecule has 1 atom stereocenters. The third-order valence-corrected chi connectivity index (χ3v) is 7.82. The first-order chi connectivity index (χ1) is 19.0. The molecule has 4 aliphatic heterocycles. The van der Waals surface area contributed by atoms with Crippen LogP contribution in [0.3, 0.4) is 0 Å². The highest BCUT2D eigenvalue weighted by molar-refractivity contribution is 6.50. The van der Waals surface area contributed by atoms with Gasteiger partial charge in [-0.05, 0) is 30.7 Å². The predicted molar refractivity (Wildman–Crippen MR) is 142 cm³/mol. The SMILES string of the molecule is CCCN1C(=O)[C@]2(C(=C(O)c3ccc4c(c3)OCCO4)C(=O)C(=O)N2CCN2CCOCC2)c2ccccc21. The Kier molecular flexibility index (Phi) is 6.52. The number of aliphatic hydroxyl groups is 1. The Morgan fingerprint density at radius 3 is 2.44 bits per heavy atom. The molecule has 0 bridgehead atoms. The topological polar surface area (TPSA) is 109 Å². The number of para-hydroxylation sites is 1. The van der Waals surface area contributed by atoms with Crippen molar-refractivity contribution in [2.24, 2.45) is 0 Å². The molecular formula is C29H31N3O7. The Morgan fingerprint density at radius 2 is 1.67 bits per heavy atom. The van der Waals surface area contributed by atoms with Crippen LogP contribution in [0.25, 0.3) is 5.76 Å². The van der Waals surface area contributed by atoms with Crippen molar-refractivity contribution < 1.29 is 33.7 Å². The van der Waals surface area contributed by atoms with Gasteiger partial charge in [-0.2, -0.15) is 0 Å². The van der Waals surface area contributed by atoms with Gasteiger partial charge in [-0.1, -0.05) is 25.1 Å². The average Bonchev–Trinajstić information content (AvgIpc) is 3.35. The van der Waals surface area contributed by atoms with Crippen LogP contribution in [0.1, 0.15) is 24.5 Å². The molecule has 2 fully saturated rings. The Bertz CT molecular complexity index is 1370. The molecule has 0 unspecified atom stereocenters. The molecule has 0 aliphatic carbocycles. The van der Waals surface area contributed by atoms with Crippen LogP contribution >= 0.6 is 0 Å². The molecule has 2 amide bonds. The summed E-state index contributed by atoms with van der Waals surface area (Å²) in [5.74, 6) is -1.57. The van der Waals surface area contributed by atoms with E-state index in [-0.39, 0.29) is 17.7 Å². The molecule has 4 aliphatic rings. The lowest BCUT2D eigenvalue weighted by molar-refractivity contribution is -0.144. The maximum atomic E-state index is 14.5. The second kappa shape index (κ2) is 10.0. The smallest absolute Gasteiger partial charge is 0.296 e. The Hall–Kier alpha value is -3.89. The maximum absolute atomic E-state index is 14.5. The van der Waals surface area contributed by atoms with Crippen LogP contribution in [0.5, 0.6) is 11.5 Å². The van der Waals surface area contributed by atoms with E-state index in [4.69, 9.17) is 14.2 Å². The van der Waals surface area contributed by atoms with Crippen LogP contribution in [0.15, 0.2) is 48.0 Å². The van der Waals surface area contributed by atoms with E-state index in [1.165, 1.54) is 4.90 Å². The summed E-state index contributed by atoms with van der Waals surface area (Å²) in [5, 5.41) is 11.7. The minimum Gasteiger partial charge on any atom is -0.507 e. The summed E-state index contributed by atoms with van der Waals surface area (Å²) < 4.78 is 16.7. The van der Waals surface area contributed by atoms with Crippen LogP contribution in [0.2, 0.25) is 0 Å². The Labute approximate surface area is 226 Å². The highest BCUT2D eigenvalue weighted by Gasteiger charge is 2.67. The third kappa shape index (κ3) is 3.89. The summed E-state index contributed by atoms with van der Waals surface area (Å²) in [6.07, 6.45) is 0.680. The summed E-state index contributed by atoms with van der Waals surface area (Å²) in [6, 6.07) is 12.0. The number of Topliss-reactive ketones (excluding diaryl/α,β-unsaturated/α-hetero) is 1. The molecule has 6 rings (SSSR count). The lowest BCUT2D eigenvalue weighted by Gasteiger charge is -2.36. The minimum absolute atomic E-state index is 0.141. The van der Waals surface area contributed by atoms with Gasteiger partial charge in [0.2, 0.25) is 0 Å². The molecular weight excluding hydrogens is 502 g/mol. The fourth-order valence-corrected chi connectivity index (χ4v) is 6.01.